The zero-order chi connectivity index (χ0) is 17.5. The molecule has 2 aliphatic carbocycles. The maximum Gasteiger partial charge on any atom is 0.216 e. The molecule has 1 amide bonds. The number of hydrogen-bond donors (Lipinski definition) is 1. The molecule has 1 saturated carbocycles. The third-order valence-electron chi connectivity index (χ3n) is 6.18. The first-order chi connectivity index (χ1) is 11.2. The molecule has 3 rings (SSSR count). The summed E-state index contributed by atoms with van der Waals surface area (Å²) in [5, 5.41) is 3.02. The van der Waals surface area contributed by atoms with Gasteiger partial charge in [-0.15, -0.1) is 0 Å². The van der Waals surface area contributed by atoms with E-state index in [4.69, 9.17) is 9.16 Å². The molecule has 2 fully saturated rings. The van der Waals surface area contributed by atoms with Gasteiger partial charge >= 0.3 is 0 Å². The largest absolute Gasteiger partial charge is 0.412 e. The first kappa shape index (κ1) is 18.1. The zero-order valence-electron chi connectivity index (χ0n) is 15.8. The van der Waals surface area contributed by atoms with Crippen molar-refractivity contribution >= 4 is 14.2 Å². The highest BCUT2D eigenvalue weighted by atomic mass is 28.4. The van der Waals surface area contributed by atoms with Crippen molar-refractivity contribution in [3.63, 3.8) is 0 Å². The Morgan fingerprint density at radius 1 is 1.33 bits per heavy atom. The average Bonchev–Trinajstić information content (AvgIpc) is 2.83. The van der Waals surface area contributed by atoms with E-state index in [1.54, 1.807) is 6.92 Å². The van der Waals surface area contributed by atoms with Gasteiger partial charge in [0.05, 0.1) is 18.8 Å². The highest BCUT2D eigenvalue weighted by Crippen LogP contribution is 2.60. The summed E-state index contributed by atoms with van der Waals surface area (Å²) in [6, 6.07) is 0. The van der Waals surface area contributed by atoms with E-state index < -0.39 is 8.32 Å². The number of ether oxygens (including phenoxy) is 1. The molecule has 1 aliphatic heterocycles. The van der Waals surface area contributed by atoms with Crippen LogP contribution in [0.3, 0.4) is 0 Å². The fourth-order valence-corrected chi connectivity index (χ4v) is 6.56. The SMILES string of the molecule is CC(=O)NCC[C@@]12[C@@H]3C=C[C@@H](C)[C@@H]1CC[C@H](O[Si](C)(C)C)[C@@H]2OC3. The molecular formula is C19H33NO3Si. The lowest BCUT2D eigenvalue weighted by Crippen LogP contribution is -2.57. The number of nitrogens with one attached hydrogen (secondary N) is 1. The molecule has 1 N–H and O–H groups in total. The van der Waals surface area contributed by atoms with E-state index in [0.717, 1.165) is 26.0 Å². The van der Waals surface area contributed by atoms with Crippen molar-refractivity contribution in [1.82, 2.24) is 5.32 Å². The molecule has 0 unspecified atom stereocenters. The quantitative estimate of drug-likeness (QED) is 0.610. The molecule has 0 radical (unpaired) electrons. The molecular weight excluding hydrogens is 318 g/mol. The van der Waals surface area contributed by atoms with Crippen LogP contribution in [0.5, 0.6) is 0 Å². The Morgan fingerprint density at radius 3 is 2.75 bits per heavy atom. The van der Waals surface area contributed by atoms with Crippen LogP contribution in [0.1, 0.15) is 33.1 Å². The molecule has 1 heterocycles. The van der Waals surface area contributed by atoms with Crippen LogP contribution in [0.4, 0.5) is 0 Å². The Balaban J connectivity index is 1.88. The van der Waals surface area contributed by atoms with Crippen LogP contribution >= 0.6 is 0 Å². The van der Waals surface area contributed by atoms with Crippen molar-refractivity contribution in [3.8, 4) is 0 Å². The van der Waals surface area contributed by atoms with Crippen LogP contribution in [0.2, 0.25) is 19.6 Å². The van der Waals surface area contributed by atoms with Crippen LogP contribution in [0.25, 0.3) is 0 Å². The van der Waals surface area contributed by atoms with Gasteiger partial charge in [0, 0.05) is 24.8 Å². The summed E-state index contributed by atoms with van der Waals surface area (Å²) >= 11 is 0. The van der Waals surface area contributed by atoms with Crippen molar-refractivity contribution in [2.75, 3.05) is 13.2 Å². The maximum absolute atomic E-state index is 11.4. The molecule has 5 heteroatoms. The summed E-state index contributed by atoms with van der Waals surface area (Å²) in [5.41, 5.74) is 0.124. The van der Waals surface area contributed by atoms with Gasteiger partial charge in [0.25, 0.3) is 0 Å². The second-order valence-electron chi connectivity index (χ2n) is 8.90. The molecule has 0 bridgehead atoms. The van der Waals surface area contributed by atoms with Gasteiger partial charge in [-0.3, -0.25) is 4.79 Å². The number of hydrogen-bond acceptors (Lipinski definition) is 3. The molecule has 0 aromatic carbocycles. The first-order valence-corrected chi connectivity index (χ1v) is 12.9. The van der Waals surface area contributed by atoms with Gasteiger partial charge in [-0.2, -0.15) is 0 Å². The zero-order valence-corrected chi connectivity index (χ0v) is 16.8. The topological polar surface area (TPSA) is 47.6 Å². The molecule has 3 aliphatic rings. The minimum Gasteiger partial charge on any atom is -0.412 e. The Hall–Kier alpha value is -0.653. The van der Waals surface area contributed by atoms with Crippen LogP contribution in [-0.2, 0) is 14.0 Å². The monoisotopic (exact) mass is 351 g/mol. The van der Waals surface area contributed by atoms with Crippen molar-refractivity contribution in [3.05, 3.63) is 12.2 Å². The number of carbonyl (C=O) groups is 1. The lowest BCUT2D eigenvalue weighted by molar-refractivity contribution is -0.121. The van der Waals surface area contributed by atoms with Crippen LogP contribution < -0.4 is 5.32 Å². The van der Waals surface area contributed by atoms with Crippen molar-refractivity contribution in [1.29, 1.82) is 0 Å². The summed E-state index contributed by atoms with van der Waals surface area (Å²) in [6.45, 7) is 12.3. The number of amides is 1. The Morgan fingerprint density at radius 2 is 2.08 bits per heavy atom. The third-order valence-corrected chi connectivity index (χ3v) is 7.19. The number of carbonyl (C=O) groups excluding carboxylic acids is 1. The molecule has 0 spiro atoms. The summed E-state index contributed by atoms with van der Waals surface area (Å²) in [7, 11) is -1.61. The summed E-state index contributed by atoms with van der Waals surface area (Å²) < 4.78 is 12.9. The molecule has 4 nitrogen and oxygen atoms in total. The van der Waals surface area contributed by atoms with Gasteiger partial charge in [-0.1, -0.05) is 19.1 Å². The second kappa shape index (κ2) is 6.58. The van der Waals surface area contributed by atoms with E-state index in [0.29, 0.717) is 17.8 Å². The van der Waals surface area contributed by atoms with E-state index in [1.807, 2.05) is 0 Å². The van der Waals surface area contributed by atoms with Crippen LogP contribution in [-0.4, -0.2) is 39.6 Å². The maximum atomic E-state index is 11.4. The molecule has 6 atom stereocenters. The Labute approximate surface area is 147 Å². The molecule has 0 aromatic rings. The Bertz CT molecular complexity index is 515. The Kier molecular flexibility index (Phi) is 4.97. The first-order valence-electron chi connectivity index (χ1n) is 9.46. The summed E-state index contributed by atoms with van der Waals surface area (Å²) in [5.74, 6) is 1.73. The fraction of sp³-hybridized carbons (Fsp3) is 0.842. The smallest absolute Gasteiger partial charge is 0.216 e. The number of rotatable bonds is 5. The summed E-state index contributed by atoms with van der Waals surface area (Å²) in [6.07, 6.45) is 8.46. The van der Waals surface area contributed by atoms with Crippen molar-refractivity contribution in [2.45, 2.75) is 65.0 Å². The lowest BCUT2D eigenvalue weighted by Gasteiger charge is -2.54. The lowest BCUT2D eigenvalue weighted by atomic mass is 9.52. The molecule has 136 valence electrons. The van der Waals surface area contributed by atoms with E-state index >= 15 is 0 Å². The highest BCUT2D eigenvalue weighted by Gasteiger charge is 2.61. The van der Waals surface area contributed by atoms with Gasteiger partial charge in [0.15, 0.2) is 8.32 Å². The predicted octanol–water partition coefficient (Wildman–Crippen LogP) is 3.35. The van der Waals surface area contributed by atoms with Crippen molar-refractivity contribution < 1.29 is 14.0 Å². The number of allylic oxidation sites excluding steroid dienone is 1. The second-order valence-corrected chi connectivity index (χ2v) is 13.4. The molecule has 1 saturated heterocycles. The van der Waals surface area contributed by atoms with Gasteiger partial charge in [0.1, 0.15) is 0 Å². The van der Waals surface area contributed by atoms with Crippen molar-refractivity contribution in [2.24, 2.45) is 23.2 Å². The van der Waals surface area contributed by atoms with Gasteiger partial charge < -0.3 is 14.5 Å². The van der Waals surface area contributed by atoms with E-state index in [9.17, 15) is 4.79 Å². The normalized spacial score (nSPS) is 41.1. The predicted molar refractivity (Wildman–Crippen MR) is 98.2 cm³/mol. The minimum atomic E-state index is -1.61. The van der Waals surface area contributed by atoms with Crippen LogP contribution in [0, 0.1) is 23.2 Å². The fourth-order valence-electron chi connectivity index (χ4n) is 5.41. The third kappa shape index (κ3) is 3.23. The minimum absolute atomic E-state index is 0.0568. The molecule has 0 aromatic heterocycles. The standard InChI is InChI=1S/C19H33NO3Si/c1-13-6-7-15-12-22-18-17(23-24(3,4)5)9-8-16(13)19(15,18)10-11-20-14(2)21/h6-7,13,15-18H,8-12H2,1-5H3,(H,20,21)/t13-,15-,16+,17+,18+,19-/m1/s1. The van der Waals surface area contributed by atoms with Gasteiger partial charge in [0.2, 0.25) is 5.91 Å². The molecule has 24 heavy (non-hydrogen) atoms. The van der Waals surface area contributed by atoms with E-state index in [1.165, 1.54) is 6.42 Å². The highest BCUT2D eigenvalue weighted by molar-refractivity contribution is 6.69. The summed E-state index contributed by atoms with van der Waals surface area (Å²) in [4.78, 5) is 11.4. The average molecular weight is 352 g/mol. The van der Waals surface area contributed by atoms with E-state index in [-0.39, 0.29) is 23.5 Å². The van der Waals surface area contributed by atoms with Gasteiger partial charge in [-0.25, -0.2) is 0 Å². The van der Waals surface area contributed by atoms with Crippen LogP contribution in [0.15, 0.2) is 12.2 Å². The van der Waals surface area contributed by atoms with Gasteiger partial charge in [-0.05, 0) is 50.7 Å². The van der Waals surface area contributed by atoms with E-state index in [2.05, 4.69) is 44.0 Å².